The summed E-state index contributed by atoms with van der Waals surface area (Å²) in [6, 6.07) is 18.6. The van der Waals surface area contributed by atoms with E-state index in [1.165, 1.54) is 31.0 Å². The fraction of sp³-hybridized carbons (Fsp3) is 0.0833. The number of carbonyl (C=O) groups excluding carboxylic acids is 1. The first-order chi connectivity index (χ1) is 16.4. The van der Waals surface area contributed by atoms with Gasteiger partial charge in [-0.15, -0.1) is 0 Å². The maximum atomic E-state index is 12.4. The van der Waals surface area contributed by atoms with Crippen LogP contribution < -0.4 is 14.8 Å². The zero-order valence-electron chi connectivity index (χ0n) is 17.9. The van der Waals surface area contributed by atoms with Gasteiger partial charge >= 0.3 is 0 Å². The van der Waals surface area contributed by atoms with Crippen LogP contribution in [-0.4, -0.2) is 23.1 Å². The first-order valence-electron chi connectivity index (χ1n) is 10.0. The van der Waals surface area contributed by atoms with Gasteiger partial charge in [-0.05, 0) is 65.4 Å². The maximum Gasteiger partial charge on any atom is 0.269 e. The molecule has 1 fully saturated rings. The third-order valence-electron chi connectivity index (χ3n) is 4.75. The van der Waals surface area contributed by atoms with Gasteiger partial charge in [0.1, 0.15) is 6.61 Å². The van der Waals surface area contributed by atoms with Gasteiger partial charge in [-0.25, -0.2) is 4.99 Å². The van der Waals surface area contributed by atoms with Crippen LogP contribution in [0.2, 0.25) is 5.02 Å². The summed E-state index contributed by atoms with van der Waals surface area (Å²) in [5.41, 5.74) is 2.12. The Kier molecular flexibility index (Phi) is 7.15. The summed E-state index contributed by atoms with van der Waals surface area (Å²) in [5, 5.41) is 14.5. The number of ether oxygens (including phenoxy) is 2. The van der Waals surface area contributed by atoms with Gasteiger partial charge < -0.3 is 14.8 Å². The highest BCUT2D eigenvalue weighted by Crippen LogP contribution is 2.33. The highest BCUT2D eigenvalue weighted by Gasteiger charge is 2.24. The summed E-state index contributed by atoms with van der Waals surface area (Å²) in [7, 11) is 1.52. The van der Waals surface area contributed by atoms with Crippen molar-refractivity contribution < 1.29 is 19.2 Å². The number of methoxy groups -OCH3 is 1. The standard InChI is InChI=1S/C24H18ClN3O5S/c1-32-21-12-16(8-11-20(21)33-14-15-6-9-17(10-7-15)28(30)31)13-22-23(29)27-24(34-22)26-19-5-3-2-4-18(19)25/h2-13H,14H2,1H3,(H,26,27,29). The van der Waals surface area contributed by atoms with Crippen molar-refractivity contribution >= 4 is 51.9 Å². The molecular formula is C24H18ClN3O5S. The Hall–Kier alpha value is -3.82. The predicted molar refractivity (Wildman–Crippen MR) is 133 cm³/mol. The number of nitro groups is 1. The Labute approximate surface area is 204 Å². The number of para-hydroxylation sites is 1. The number of rotatable bonds is 7. The number of amidine groups is 1. The van der Waals surface area contributed by atoms with E-state index >= 15 is 0 Å². The zero-order chi connectivity index (χ0) is 24.1. The molecule has 1 aliphatic rings. The molecule has 10 heteroatoms. The lowest BCUT2D eigenvalue weighted by Gasteiger charge is -2.11. The van der Waals surface area contributed by atoms with E-state index in [4.69, 9.17) is 21.1 Å². The molecule has 172 valence electrons. The Morgan fingerprint density at radius 2 is 1.88 bits per heavy atom. The Balaban J connectivity index is 1.47. The zero-order valence-corrected chi connectivity index (χ0v) is 19.4. The van der Waals surface area contributed by atoms with E-state index in [1.54, 1.807) is 48.5 Å². The Bertz CT molecular complexity index is 1310. The van der Waals surface area contributed by atoms with Gasteiger partial charge in [-0.3, -0.25) is 14.9 Å². The molecule has 1 saturated heterocycles. The topological polar surface area (TPSA) is 103 Å². The molecule has 0 unspecified atom stereocenters. The first-order valence-corrected chi connectivity index (χ1v) is 11.2. The van der Waals surface area contributed by atoms with Crippen molar-refractivity contribution in [3.05, 3.63) is 97.9 Å². The van der Waals surface area contributed by atoms with E-state index in [2.05, 4.69) is 10.3 Å². The summed E-state index contributed by atoms with van der Waals surface area (Å²) in [6.45, 7) is 0.217. The van der Waals surface area contributed by atoms with Crippen molar-refractivity contribution in [3.8, 4) is 11.5 Å². The van der Waals surface area contributed by atoms with Crippen LogP contribution in [0.25, 0.3) is 6.08 Å². The SMILES string of the molecule is COc1cc(C=C2SC(=Nc3ccccc3Cl)NC2=O)ccc1OCc1ccc([N+](=O)[O-])cc1. The van der Waals surface area contributed by atoms with E-state index in [0.29, 0.717) is 32.3 Å². The van der Waals surface area contributed by atoms with Gasteiger partial charge in [0.15, 0.2) is 16.7 Å². The number of aliphatic imine (C=N–C) groups is 1. The fourth-order valence-electron chi connectivity index (χ4n) is 3.05. The molecule has 8 nitrogen and oxygen atoms in total. The average molecular weight is 496 g/mol. The summed E-state index contributed by atoms with van der Waals surface area (Å²) >= 11 is 7.36. The normalized spacial score (nSPS) is 15.4. The molecule has 1 heterocycles. The summed E-state index contributed by atoms with van der Waals surface area (Å²) < 4.78 is 11.3. The molecule has 0 radical (unpaired) electrons. The molecule has 34 heavy (non-hydrogen) atoms. The molecule has 1 amide bonds. The summed E-state index contributed by atoms with van der Waals surface area (Å²) in [6.07, 6.45) is 1.73. The first kappa shape index (κ1) is 23.3. The van der Waals surface area contributed by atoms with E-state index in [9.17, 15) is 14.9 Å². The second-order valence-electron chi connectivity index (χ2n) is 7.06. The molecule has 4 rings (SSSR count). The second-order valence-corrected chi connectivity index (χ2v) is 8.49. The molecule has 0 saturated carbocycles. The molecule has 0 aliphatic carbocycles. The minimum atomic E-state index is -0.449. The summed E-state index contributed by atoms with van der Waals surface area (Å²) in [4.78, 5) is 27.6. The maximum absolute atomic E-state index is 12.4. The smallest absolute Gasteiger partial charge is 0.269 e. The van der Waals surface area contributed by atoms with Gasteiger partial charge in [0.25, 0.3) is 11.6 Å². The van der Waals surface area contributed by atoms with Gasteiger partial charge in [-0.1, -0.05) is 29.8 Å². The monoisotopic (exact) mass is 495 g/mol. The number of thioether (sulfide) groups is 1. The van der Waals surface area contributed by atoms with E-state index in [0.717, 1.165) is 11.1 Å². The summed E-state index contributed by atoms with van der Waals surface area (Å²) in [5.74, 6) is 0.741. The minimum Gasteiger partial charge on any atom is -0.493 e. The van der Waals surface area contributed by atoms with E-state index in [1.807, 2.05) is 12.1 Å². The van der Waals surface area contributed by atoms with Crippen molar-refractivity contribution in [2.75, 3.05) is 7.11 Å². The van der Waals surface area contributed by atoms with Crippen LogP contribution in [0.5, 0.6) is 11.5 Å². The van der Waals surface area contributed by atoms with Gasteiger partial charge in [0.05, 0.1) is 27.6 Å². The Morgan fingerprint density at radius 3 is 2.59 bits per heavy atom. The second kappa shape index (κ2) is 10.4. The minimum absolute atomic E-state index is 0.0209. The lowest BCUT2D eigenvalue weighted by Crippen LogP contribution is -2.19. The highest BCUT2D eigenvalue weighted by atomic mass is 35.5. The largest absolute Gasteiger partial charge is 0.493 e. The number of nitro benzene ring substituents is 1. The number of nitrogens with zero attached hydrogens (tertiary/aromatic N) is 2. The molecule has 3 aromatic carbocycles. The fourth-order valence-corrected chi connectivity index (χ4v) is 4.06. The predicted octanol–water partition coefficient (Wildman–Crippen LogP) is 5.73. The number of amides is 1. The molecule has 0 spiro atoms. The number of benzene rings is 3. The van der Waals surface area contributed by atoms with Crippen molar-refractivity contribution in [1.29, 1.82) is 0 Å². The van der Waals surface area contributed by atoms with Gasteiger partial charge in [0.2, 0.25) is 0 Å². The number of hydrogen-bond acceptors (Lipinski definition) is 7. The molecule has 1 aliphatic heterocycles. The lowest BCUT2D eigenvalue weighted by atomic mass is 10.2. The lowest BCUT2D eigenvalue weighted by molar-refractivity contribution is -0.384. The van der Waals surface area contributed by atoms with Crippen molar-refractivity contribution in [2.24, 2.45) is 4.99 Å². The van der Waals surface area contributed by atoms with Crippen LogP contribution in [0.4, 0.5) is 11.4 Å². The number of non-ortho nitro benzene ring substituents is 1. The highest BCUT2D eigenvalue weighted by molar-refractivity contribution is 8.18. The third-order valence-corrected chi connectivity index (χ3v) is 5.98. The Morgan fingerprint density at radius 1 is 1.12 bits per heavy atom. The van der Waals surface area contributed by atoms with Crippen LogP contribution in [0.15, 0.2) is 76.6 Å². The van der Waals surface area contributed by atoms with Gasteiger partial charge in [0, 0.05) is 12.1 Å². The number of halogens is 1. The van der Waals surface area contributed by atoms with Crippen molar-refractivity contribution in [2.45, 2.75) is 6.61 Å². The number of hydrogen-bond donors (Lipinski definition) is 1. The van der Waals surface area contributed by atoms with Crippen LogP contribution in [0, 0.1) is 10.1 Å². The van der Waals surface area contributed by atoms with Crippen molar-refractivity contribution in [1.82, 2.24) is 5.32 Å². The van der Waals surface area contributed by atoms with Crippen molar-refractivity contribution in [3.63, 3.8) is 0 Å². The number of carbonyl (C=O) groups is 1. The molecule has 0 aromatic heterocycles. The van der Waals surface area contributed by atoms with E-state index in [-0.39, 0.29) is 18.2 Å². The van der Waals surface area contributed by atoms with Crippen LogP contribution in [-0.2, 0) is 11.4 Å². The van der Waals surface area contributed by atoms with Gasteiger partial charge in [-0.2, -0.15) is 0 Å². The van der Waals surface area contributed by atoms with Crippen LogP contribution in [0.1, 0.15) is 11.1 Å². The third kappa shape index (κ3) is 5.56. The quantitative estimate of drug-likeness (QED) is 0.255. The molecular weight excluding hydrogens is 478 g/mol. The van der Waals surface area contributed by atoms with E-state index < -0.39 is 4.92 Å². The van der Waals surface area contributed by atoms with Crippen LogP contribution in [0.3, 0.4) is 0 Å². The molecule has 0 bridgehead atoms. The molecule has 3 aromatic rings. The molecule has 0 atom stereocenters. The molecule has 1 N–H and O–H groups in total. The number of nitrogens with one attached hydrogen (secondary N) is 1. The average Bonchev–Trinajstić information content (AvgIpc) is 3.18. The van der Waals surface area contributed by atoms with Crippen LogP contribution >= 0.6 is 23.4 Å².